The molecular weight excluding hydrogens is 360 g/mol. The second kappa shape index (κ2) is 8.13. The Hall–Kier alpha value is -2.34. The maximum Gasteiger partial charge on any atom is 0.235 e. The second-order valence-electron chi connectivity index (χ2n) is 7.05. The lowest BCUT2D eigenvalue weighted by Gasteiger charge is -2.30. The van der Waals surface area contributed by atoms with Crippen LogP contribution in [0, 0.1) is 6.92 Å². The SMILES string of the molecule is CCCS(=O)(=O)N1CCCc2cc(NC(=O)Cc3cccc(C)c3)ccc21. The van der Waals surface area contributed by atoms with Crippen LogP contribution in [0.1, 0.15) is 36.5 Å². The first-order valence-corrected chi connectivity index (χ1v) is 11.0. The number of nitrogens with one attached hydrogen (secondary N) is 1. The van der Waals surface area contributed by atoms with Gasteiger partial charge in [-0.25, -0.2) is 8.42 Å². The molecule has 1 aliphatic heterocycles. The summed E-state index contributed by atoms with van der Waals surface area (Å²) in [6.45, 7) is 4.40. The fraction of sp³-hybridized carbons (Fsp3) is 0.381. The summed E-state index contributed by atoms with van der Waals surface area (Å²) in [5.41, 5.74) is 4.52. The van der Waals surface area contributed by atoms with Crippen LogP contribution in [0.25, 0.3) is 0 Å². The molecule has 3 rings (SSSR count). The smallest absolute Gasteiger partial charge is 0.235 e. The van der Waals surface area contributed by atoms with E-state index in [4.69, 9.17) is 0 Å². The molecule has 0 unspecified atom stereocenters. The molecule has 1 heterocycles. The fourth-order valence-corrected chi connectivity index (χ4v) is 5.13. The Morgan fingerprint density at radius 2 is 2.00 bits per heavy atom. The molecule has 2 aromatic carbocycles. The third-order valence-electron chi connectivity index (χ3n) is 4.68. The number of hydrogen-bond donors (Lipinski definition) is 1. The number of aryl methyl sites for hydroxylation is 2. The van der Waals surface area contributed by atoms with Crippen molar-refractivity contribution in [2.75, 3.05) is 21.9 Å². The molecule has 1 N–H and O–H groups in total. The lowest BCUT2D eigenvalue weighted by molar-refractivity contribution is -0.115. The molecule has 0 saturated carbocycles. The Balaban J connectivity index is 1.75. The van der Waals surface area contributed by atoms with Crippen LogP contribution in [0.5, 0.6) is 0 Å². The number of amides is 1. The monoisotopic (exact) mass is 386 g/mol. The van der Waals surface area contributed by atoms with Crippen molar-refractivity contribution in [3.05, 3.63) is 59.2 Å². The minimum Gasteiger partial charge on any atom is -0.326 e. The average molecular weight is 387 g/mol. The quantitative estimate of drug-likeness (QED) is 0.824. The molecule has 144 valence electrons. The molecule has 0 aromatic heterocycles. The van der Waals surface area contributed by atoms with Crippen LogP contribution in [0.15, 0.2) is 42.5 Å². The number of rotatable bonds is 6. The summed E-state index contributed by atoms with van der Waals surface area (Å²) in [5.74, 6) is 0.0772. The van der Waals surface area contributed by atoms with E-state index in [0.717, 1.165) is 35.2 Å². The van der Waals surface area contributed by atoms with Crippen molar-refractivity contribution in [1.29, 1.82) is 0 Å². The topological polar surface area (TPSA) is 66.5 Å². The van der Waals surface area contributed by atoms with Crippen molar-refractivity contribution < 1.29 is 13.2 Å². The van der Waals surface area contributed by atoms with Crippen LogP contribution in [-0.2, 0) is 27.7 Å². The molecule has 0 aliphatic carbocycles. The molecule has 1 aliphatic rings. The number of fused-ring (bicyclic) bond motifs is 1. The van der Waals surface area contributed by atoms with Gasteiger partial charge in [-0.1, -0.05) is 36.8 Å². The summed E-state index contributed by atoms with van der Waals surface area (Å²) in [5, 5.41) is 2.93. The summed E-state index contributed by atoms with van der Waals surface area (Å²) in [6, 6.07) is 13.4. The predicted octanol–water partition coefficient (Wildman–Crippen LogP) is 3.67. The van der Waals surface area contributed by atoms with Gasteiger partial charge in [0.25, 0.3) is 0 Å². The largest absolute Gasteiger partial charge is 0.326 e. The first kappa shape index (κ1) is 19.4. The molecule has 5 nitrogen and oxygen atoms in total. The summed E-state index contributed by atoms with van der Waals surface area (Å²) in [4.78, 5) is 12.4. The van der Waals surface area contributed by atoms with Crippen LogP contribution < -0.4 is 9.62 Å². The van der Waals surface area contributed by atoms with Crippen LogP contribution >= 0.6 is 0 Å². The third-order valence-corrected chi connectivity index (χ3v) is 6.66. The number of carbonyl (C=O) groups is 1. The molecule has 0 fully saturated rings. The average Bonchev–Trinajstić information content (AvgIpc) is 2.61. The zero-order chi connectivity index (χ0) is 19.4. The van der Waals surface area contributed by atoms with Gasteiger partial charge in [0.2, 0.25) is 15.9 Å². The van der Waals surface area contributed by atoms with Gasteiger partial charge in [-0.05, 0) is 55.5 Å². The van der Waals surface area contributed by atoms with Crippen molar-refractivity contribution in [2.24, 2.45) is 0 Å². The zero-order valence-corrected chi connectivity index (χ0v) is 16.7. The van der Waals surface area contributed by atoms with E-state index in [0.29, 0.717) is 25.1 Å². The Morgan fingerprint density at radius 3 is 2.74 bits per heavy atom. The maximum atomic E-state index is 12.5. The Labute approximate surface area is 161 Å². The molecule has 6 heteroatoms. The van der Waals surface area contributed by atoms with E-state index in [9.17, 15) is 13.2 Å². The van der Waals surface area contributed by atoms with Crippen LogP contribution in [0.3, 0.4) is 0 Å². The molecule has 0 spiro atoms. The highest BCUT2D eigenvalue weighted by molar-refractivity contribution is 7.92. The number of hydrogen-bond acceptors (Lipinski definition) is 3. The molecule has 27 heavy (non-hydrogen) atoms. The first-order valence-electron chi connectivity index (χ1n) is 9.38. The highest BCUT2D eigenvalue weighted by atomic mass is 32.2. The van der Waals surface area contributed by atoms with Gasteiger partial charge in [-0.15, -0.1) is 0 Å². The van der Waals surface area contributed by atoms with Gasteiger partial charge < -0.3 is 5.32 Å². The van der Waals surface area contributed by atoms with Gasteiger partial charge in [0.05, 0.1) is 17.9 Å². The Bertz CT molecular complexity index is 938. The van der Waals surface area contributed by atoms with E-state index in [1.807, 2.05) is 50.2 Å². The van der Waals surface area contributed by atoms with Crippen LogP contribution in [-0.4, -0.2) is 26.6 Å². The van der Waals surface area contributed by atoms with Gasteiger partial charge in [-0.2, -0.15) is 0 Å². The van der Waals surface area contributed by atoms with Crippen molar-refractivity contribution in [1.82, 2.24) is 0 Å². The fourth-order valence-electron chi connectivity index (χ4n) is 3.51. The third kappa shape index (κ3) is 4.69. The molecule has 1 amide bonds. The number of sulfonamides is 1. The molecule has 2 aromatic rings. The highest BCUT2D eigenvalue weighted by Gasteiger charge is 2.26. The van der Waals surface area contributed by atoms with E-state index in [-0.39, 0.29) is 11.7 Å². The van der Waals surface area contributed by atoms with Crippen molar-refractivity contribution in [3.63, 3.8) is 0 Å². The lowest BCUT2D eigenvalue weighted by Crippen LogP contribution is -2.37. The van der Waals surface area contributed by atoms with Crippen LogP contribution in [0.4, 0.5) is 11.4 Å². The molecular formula is C21H26N2O3S. The molecule has 0 bridgehead atoms. The summed E-state index contributed by atoms with van der Waals surface area (Å²) >= 11 is 0. The van der Waals surface area contributed by atoms with E-state index in [1.54, 1.807) is 6.07 Å². The summed E-state index contributed by atoms with van der Waals surface area (Å²) in [6.07, 6.45) is 2.52. The normalized spacial score (nSPS) is 13.9. The molecule has 0 saturated heterocycles. The van der Waals surface area contributed by atoms with E-state index in [2.05, 4.69) is 5.32 Å². The van der Waals surface area contributed by atoms with Gasteiger partial charge in [0.1, 0.15) is 0 Å². The number of nitrogens with zero attached hydrogens (tertiary/aromatic N) is 1. The first-order chi connectivity index (χ1) is 12.9. The van der Waals surface area contributed by atoms with E-state index >= 15 is 0 Å². The van der Waals surface area contributed by atoms with Gasteiger partial charge in [0, 0.05) is 12.2 Å². The van der Waals surface area contributed by atoms with Gasteiger partial charge in [0.15, 0.2) is 0 Å². The van der Waals surface area contributed by atoms with E-state index < -0.39 is 10.0 Å². The maximum absolute atomic E-state index is 12.5. The Kier molecular flexibility index (Phi) is 5.85. The Morgan fingerprint density at radius 1 is 1.19 bits per heavy atom. The standard InChI is InChI=1S/C21H26N2O3S/c1-3-12-27(25,26)23-11-5-8-18-15-19(9-10-20(18)23)22-21(24)14-17-7-4-6-16(2)13-17/h4,6-7,9-10,13,15H,3,5,8,11-12,14H2,1-2H3,(H,22,24). The predicted molar refractivity (Wildman–Crippen MR) is 110 cm³/mol. The number of carbonyl (C=O) groups excluding carboxylic acids is 1. The zero-order valence-electron chi connectivity index (χ0n) is 15.9. The van der Waals surface area contributed by atoms with Crippen LogP contribution in [0.2, 0.25) is 0 Å². The van der Waals surface area contributed by atoms with E-state index in [1.165, 1.54) is 4.31 Å². The number of benzene rings is 2. The van der Waals surface area contributed by atoms with Crippen molar-refractivity contribution in [3.8, 4) is 0 Å². The number of anilines is 2. The summed E-state index contributed by atoms with van der Waals surface area (Å²) < 4.78 is 26.5. The van der Waals surface area contributed by atoms with Gasteiger partial charge in [-0.3, -0.25) is 9.10 Å². The lowest BCUT2D eigenvalue weighted by atomic mass is 10.0. The minimum absolute atomic E-state index is 0.0770. The highest BCUT2D eigenvalue weighted by Crippen LogP contribution is 2.32. The second-order valence-corrected chi connectivity index (χ2v) is 9.06. The summed E-state index contributed by atoms with van der Waals surface area (Å²) in [7, 11) is -3.28. The minimum atomic E-state index is -3.28. The van der Waals surface area contributed by atoms with Gasteiger partial charge >= 0.3 is 0 Å². The van der Waals surface area contributed by atoms with Crippen molar-refractivity contribution in [2.45, 2.75) is 39.5 Å². The molecule has 0 atom stereocenters. The molecule has 0 radical (unpaired) electrons. The van der Waals surface area contributed by atoms with Crippen molar-refractivity contribution >= 4 is 27.3 Å².